The molecular formula is C7H14F2N2O3S. The van der Waals surface area contributed by atoms with Crippen LogP contribution >= 0.6 is 0 Å². The van der Waals surface area contributed by atoms with E-state index in [4.69, 9.17) is 4.74 Å². The number of hydrogen-bond acceptors (Lipinski definition) is 4. The number of hydrogen-bond donors (Lipinski definition) is 1. The Morgan fingerprint density at radius 3 is 2.73 bits per heavy atom. The Hall–Kier alpha value is -0.310. The number of nitrogens with zero attached hydrogens (tertiary/aromatic N) is 1. The summed E-state index contributed by atoms with van der Waals surface area (Å²) in [6.45, 7) is 1.58. The maximum Gasteiger partial charge on any atom is 0.350 e. The van der Waals surface area contributed by atoms with Crippen molar-refractivity contribution in [3.8, 4) is 0 Å². The summed E-state index contributed by atoms with van der Waals surface area (Å²) in [6.07, 6.45) is -0.364. The molecule has 1 unspecified atom stereocenters. The Bertz CT molecular complexity index is 291. The van der Waals surface area contributed by atoms with Crippen LogP contribution in [-0.2, 0) is 14.8 Å². The summed E-state index contributed by atoms with van der Waals surface area (Å²) in [5.41, 5.74) is 0. The standard InChI is InChI=1S/C7H14F2N2O3S/c1-11(15(12,13)7(8)9)5-6-4-10-2-3-14-6/h6-7,10H,2-5H2,1H3. The van der Waals surface area contributed by atoms with Crippen molar-refractivity contribution in [1.82, 2.24) is 9.62 Å². The average molecular weight is 244 g/mol. The summed E-state index contributed by atoms with van der Waals surface area (Å²) in [4.78, 5) is 0. The lowest BCUT2D eigenvalue weighted by Gasteiger charge is -2.27. The van der Waals surface area contributed by atoms with Gasteiger partial charge in [-0.3, -0.25) is 0 Å². The van der Waals surface area contributed by atoms with Crippen molar-refractivity contribution in [2.45, 2.75) is 11.9 Å². The van der Waals surface area contributed by atoms with Crippen molar-refractivity contribution in [3.63, 3.8) is 0 Å². The predicted octanol–water partition coefficient (Wildman–Crippen LogP) is -0.541. The van der Waals surface area contributed by atoms with Crippen molar-refractivity contribution in [2.75, 3.05) is 33.3 Å². The molecule has 15 heavy (non-hydrogen) atoms. The molecule has 0 aromatic carbocycles. The molecule has 0 aromatic heterocycles. The lowest BCUT2D eigenvalue weighted by Crippen LogP contribution is -2.46. The highest BCUT2D eigenvalue weighted by molar-refractivity contribution is 7.89. The zero-order chi connectivity index (χ0) is 11.5. The Balaban J connectivity index is 2.50. The average Bonchev–Trinajstić information content (AvgIpc) is 2.18. The number of alkyl halides is 2. The van der Waals surface area contributed by atoms with E-state index in [1.807, 2.05) is 0 Å². The fraction of sp³-hybridized carbons (Fsp3) is 1.00. The molecule has 1 atom stereocenters. The van der Waals surface area contributed by atoms with Crippen LogP contribution in [0.15, 0.2) is 0 Å². The molecule has 0 aliphatic carbocycles. The molecule has 1 aliphatic rings. The SMILES string of the molecule is CN(CC1CNCCO1)S(=O)(=O)C(F)F. The van der Waals surface area contributed by atoms with E-state index in [-0.39, 0.29) is 12.6 Å². The molecule has 1 saturated heterocycles. The maximum absolute atomic E-state index is 12.1. The monoisotopic (exact) mass is 244 g/mol. The smallest absolute Gasteiger partial charge is 0.350 e. The molecule has 90 valence electrons. The van der Waals surface area contributed by atoms with Gasteiger partial charge in [0, 0.05) is 26.7 Å². The van der Waals surface area contributed by atoms with E-state index >= 15 is 0 Å². The number of likely N-dealkylation sites (N-methyl/N-ethyl adjacent to an activating group) is 1. The summed E-state index contributed by atoms with van der Waals surface area (Å²) in [5, 5.41) is 2.99. The van der Waals surface area contributed by atoms with E-state index < -0.39 is 15.8 Å². The van der Waals surface area contributed by atoms with Gasteiger partial charge in [-0.05, 0) is 0 Å². The molecule has 0 radical (unpaired) electrons. The topological polar surface area (TPSA) is 58.6 Å². The molecule has 1 heterocycles. The Morgan fingerprint density at radius 1 is 1.60 bits per heavy atom. The van der Waals surface area contributed by atoms with Crippen LogP contribution in [0.1, 0.15) is 0 Å². The first kappa shape index (κ1) is 12.8. The summed E-state index contributed by atoms with van der Waals surface area (Å²) >= 11 is 0. The third-order valence-corrected chi connectivity index (χ3v) is 3.59. The first-order valence-corrected chi connectivity index (χ1v) is 6.00. The third kappa shape index (κ3) is 3.33. The number of morpholine rings is 1. The summed E-state index contributed by atoms with van der Waals surface area (Å²) in [6, 6.07) is 0. The second-order valence-corrected chi connectivity index (χ2v) is 5.29. The van der Waals surface area contributed by atoms with E-state index in [9.17, 15) is 17.2 Å². The van der Waals surface area contributed by atoms with Crippen LogP contribution < -0.4 is 5.32 Å². The van der Waals surface area contributed by atoms with Gasteiger partial charge in [0.05, 0.1) is 12.7 Å². The fourth-order valence-electron chi connectivity index (χ4n) is 1.26. The zero-order valence-corrected chi connectivity index (χ0v) is 9.14. The van der Waals surface area contributed by atoms with Crippen LogP contribution in [0.5, 0.6) is 0 Å². The highest BCUT2D eigenvalue weighted by Crippen LogP contribution is 2.11. The quantitative estimate of drug-likeness (QED) is 0.721. The summed E-state index contributed by atoms with van der Waals surface area (Å²) in [7, 11) is -3.36. The van der Waals surface area contributed by atoms with Crippen LogP contribution in [0, 0.1) is 0 Å². The van der Waals surface area contributed by atoms with Crippen molar-refractivity contribution in [1.29, 1.82) is 0 Å². The first-order valence-electron chi connectivity index (χ1n) is 4.50. The minimum absolute atomic E-state index is 0.0559. The van der Waals surface area contributed by atoms with Crippen LogP contribution in [0.2, 0.25) is 0 Å². The number of rotatable bonds is 4. The normalized spacial score (nSPS) is 23.7. The predicted molar refractivity (Wildman–Crippen MR) is 50.2 cm³/mol. The number of ether oxygens (including phenoxy) is 1. The maximum atomic E-state index is 12.1. The van der Waals surface area contributed by atoms with Crippen LogP contribution in [0.4, 0.5) is 8.78 Å². The first-order chi connectivity index (χ1) is 6.94. The second kappa shape index (κ2) is 5.15. The van der Waals surface area contributed by atoms with E-state index in [1.165, 1.54) is 0 Å². The molecule has 0 aromatic rings. The number of nitrogens with one attached hydrogen (secondary N) is 1. The van der Waals surface area contributed by atoms with Gasteiger partial charge >= 0.3 is 5.76 Å². The van der Waals surface area contributed by atoms with E-state index in [0.29, 0.717) is 24.0 Å². The van der Waals surface area contributed by atoms with E-state index in [1.54, 1.807) is 0 Å². The molecule has 1 aliphatic heterocycles. The molecule has 1 fully saturated rings. The molecule has 1 rings (SSSR count). The summed E-state index contributed by atoms with van der Waals surface area (Å²) < 4.78 is 52.1. The van der Waals surface area contributed by atoms with E-state index in [2.05, 4.69) is 5.32 Å². The minimum atomic E-state index is -4.48. The van der Waals surface area contributed by atoms with Crippen molar-refractivity contribution in [3.05, 3.63) is 0 Å². The van der Waals surface area contributed by atoms with Gasteiger partial charge in [-0.1, -0.05) is 0 Å². The fourth-order valence-corrected chi connectivity index (χ4v) is 1.91. The largest absolute Gasteiger partial charge is 0.374 e. The molecule has 0 amide bonds. The van der Waals surface area contributed by atoms with Gasteiger partial charge in [0.25, 0.3) is 10.0 Å². The van der Waals surface area contributed by atoms with Crippen LogP contribution in [0.3, 0.4) is 0 Å². The van der Waals surface area contributed by atoms with Crippen molar-refractivity contribution >= 4 is 10.0 Å². The summed E-state index contributed by atoms with van der Waals surface area (Å²) in [5.74, 6) is -3.38. The zero-order valence-electron chi connectivity index (χ0n) is 8.32. The molecule has 0 spiro atoms. The van der Waals surface area contributed by atoms with Gasteiger partial charge in [-0.2, -0.15) is 13.1 Å². The molecule has 8 heteroatoms. The van der Waals surface area contributed by atoms with E-state index in [0.717, 1.165) is 7.05 Å². The molecular weight excluding hydrogens is 230 g/mol. The third-order valence-electron chi connectivity index (χ3n) is 2.12. The van der Waals surface area contributed by atoms with Crippen molar-refractivity contribution < 1.29 is 21.9 Å². The van der Waals surface area contributed by atoms with Crippen LogP contribution in [-0.4, -0.2) is 57.9 Å². The van der Waals surface area contributed by atoms with Gasteiger partial charge in [0.1, 0.15) is 0 Å². The van der Waals surface area contributed by atoms with Crippen LogP contribution in [0.25, 0.3) is 0 Å². The molecule has 1 N–H and O–H groups in total. The highest BCUT2D eigenvalue weighted by atomic mass is 32.2. The number of halogens is 2. The van der Waals surface area contributed by atoms with Gasteiger partial charge in [-0.25, -0.2) is 8.42 Å². The lowest BCUT2D eigenvalue weighted by molar-refractivity contribution is 0.0199. The Kier molecular flexibility index (Phi) is 4.38. The van der Waals surface area contributed by atoms with Gasteiger partial charge in [0.15, 0.2) is 0 Å². The Labute approximate surface area is 87.4 Å². The van der Waals surface area contributed by atoms with Gasteiger partial charge in [-0.15, -0.1) is 0 Å². The molecule has 0 saturated carbocycles. The van der Waals surface area contributed by atoms with Gasteiger partial charge < -0.3 is 10.1 Å². The second-order valence-electron chi connectivity index (χ2n) is 3.28. The number of sulfonamides is 1. The lowest BCUT2D eigenvalue weighted by atomic mass is 10.3. The van der Waals surface area contributed by atoms with Crippen molar-refractivity contribution in [2.24, 2.45) is 0 Å². The Morgan fingerprint density at radius 2 is 2.27 bits per heavy atom. The molecule has 5 nitrogen and oxygen atoms in total. The molecule has 0 bridgehead atoms. The van der Waals surface area contributed by atoms with Gasteiger partial charge in [0.2, 0.25) is 0 Å². The highest BCUT2D eigenvalue weighted by Gasteiger charge is 2.31. The minimum Gasteiger partial charge on any atom is -0.374 e.